The summed E-state index contributed by atoms with van der Waals surface area (Å²) in [7, 11) is 1.99. The van der Waals surface area contributed by atoms with Crippen LogP contribution in [-0.2, 0) is 20.0 Å². The average molecular weight is 292 g/mol. The number of nitrogens with zero attached hydrogens (tertiary/aromatic N) is 2. The first-order valence-electron chi connectivity index (χ1n) is 6.87. The van der Waals surface area contributed by atoms with Gasteiger partial charge in [0, 0.05) is 36.5 Å². The minimum atomic E-state index is 0.170. The van der Waals surface area contributed by atoms with Crippen LogP contribution >= 0.6 is 11.6 Å². The topological polar surface area (TPSA) is 50.1 Å². The zero-order chi connectivity index (χ0) is 14.1. The molecule has 3 rings (SSSR count). The van der Waals surface area contributed by atoms with Crippen molar-refractivity contribution >= 4 is 11.6 Å². The number of hydrogen-bond acceptors (Lipinski definition) is 3. The van der Waals surface area contributed by atoms with E-state index in [9.17, 15) is 5.11 Å². The van der Waals surface area contributed by atoms with Crippen molar-refractivity contribution in [2.75, 3.05) is 0 Å². The van der Waals surface area contributed by atoms with Gasteiger partial charge in [-0.2, -0.15) is 5.10 Å². The first-order chi connectivity index (χ1) is 9.66. The summed E-state index contributed by atoms with van der Waals surface area (Å²) < 4.78 is 1.96. The van der Waals surface area contributed by atoms with Crippen LogP contribution in [0.4, 0.5) is 0 Å². The molecule has 0 fully saturated rings. The zero-order valence-corrected chi connectivity index (χ0v) is 12.2. The molecule has 1 unspecified atom stereocenters. The number of aromatic nitrogens is 2. The maximum Gasteiger partial charge on any atom is 0.138 e. The highest BCUT2D eigenvalue weighted by Gasteiger charge is 2.23. The summed E-state index contributed by atoms with van der Waals surface area (Å²) in [5, 5.41) is 18.2. The molecule has 0 bridgehead atoms. The molecule has 5 heteroatoms. The van der Waals surface area contributed by atoms with Gasteiger partial charge in [0.2, 0.25) is 0 Å². The summed E-state index contributed by atoms with van der Waals surface area (Å²) in [6.07, 6.45) is 5.29. The summed E-state index contributed by atoms with van der Waals surface area (Å²) in [6.45, 7) is 0.603. The standard InChI is InChI=1S/C15H18ClN3O/c1-19-14-7-3-6-13(11(14)9-18-19)17-8-10-4-2-5-12(16)15(10)20/h2,4-5,9,13,17,20H,3,6-8H2,1H3. The van der Waals surface area contributed by atoms with E-state index in [0.717, 1.165) is 24.8 Å². The van der Waals surface area contributed by atoms with Gasteiger partial charge in [0.15, 0.2) is 0 Å². The molecule has 0 saturated carbocycles. The molecule has 1 aliphatic rings. The number of nitrogens with one attached hydrogen (secondary N) is 1. The second kappa shape index (κ2) is 5.46. The van der Waals surface area contributed by atoms with E-state index in [0.29, 0.717) is 17.6 Å². The van der Waals surface area contributed by atoms with Crippen LogP contribution in [0.25, 0.3) is 0 Å². The molecule has 20 heavy (non-hydrogen) atoms. The van der Waals surface area contributed by atoms with Crippen LogP contribution in [-0.4, -0.2) is 14.9 Å². The first kappa shape index (κ1) is 13.5. The number of halogens is 1. The Morgan fingerprint density at radius 2 is 2.35 bits per heavy atom. The minimum absolute atomic E-state index is 0.170. The summed E-state index contributed by atoms with van der Waals surface area (Å²) in [4.78, 5) is 0. The number of hydrogen-bond donors (Lipinski definition) is 2. The van der Waals surface area contributed by atoms with Gasteiger partial charge in [0.25, 0.3) is 0 Å². The highest BCUT2D eigenvalue weighted by molar-refractivity contribution is 6.32. The maximum atomic E-state index is 9.94. The molecule has 1 heterocycles. The minimum Gasteiger partial charge on any atom is -0.506 e. The van der Waals surface area contributed by atoms with Crippen LogP contribution in [0.5, 0.6) is 5.75 Å². The van der Waals surface area contributed by atoms with E-state index in [2.05, 4.69) is 10.4 Å². The predicted octanol–water partition coefficient (Wildman–Crippen LogP) is 2.95. The van der Waals surface area contributed by atoms with Crippen LogP contribution in [0.15, 0.2) is 24.4 Å². The van der Waals surface area contributed by atoms with Gasteiger partial charge in [-0.15, -0.1) is 0 Å². The average Bonchev–Trinajstić information content (AvgIpc) is 2.83. The van der Waals surface area contributed by atoms with Crippen LogP contribution < -0.4 is 5.32 Å². The quantitative estimate of drug-likeness (QED) is 0.914. The Balaban J connectivity index is 1.75. The largest absolute Gasteiger partial charge is 0.506 e. The molecule has 2 aromatic rings. The van der Waals surface area contributed by atoms with Crippen LogP contribution in [0.2, 0.25) is 5.02 Å². The number of aromatic hydroxyl groups is 1. The van der Waals surface area contributed by atoms with Gasteiger partial charge in [-0.1, -0.05) is 23.7 Å². The van der Waals surface area contributed by atoms with E-state index in [1.807, 2.05) is 30.1 Å². The van der Waals surface area contributed by atoms with Crippen molar-refractivity contribution in [3.63, 3.8) is 0 Å². The number of fused-ring (bicyclic) bond motifs is 1. The molecule has 1 aliphatic carbocycles. The maximum absolute atomic E-state index is 9.94. The van der Waals surface area contributed by atoms with Crippen molar-refractivity contribution in [1.82, 2.24) is 15.1 Å². The van der Waals surface area contributed by atoms with Gasteiger partial charge in [-0.3, -0.25) is 4.68 Å². The molecule has 0 aliphatic heterocycles. The Hall–Kier alpha value is -1.52. The normalized spacial score (nSPS) is 18.0. The van der Waals surface area contributed by atoms with Gasteiger partial charge in [0.1, 0.15) is 5.75 Å². The molecule has 4 nitrogen and oxygen atoms in total. The Morgan fingerprint density at radius 3 is 3.20 bits per heavy atom. The van der Waals surface area contributed by atoms with Gasteiger partial charge in [-0.05, 0) is 25.3 Å². The number of phenols is 1. The van der Waals surface area contributed by atoms with Crippen molar-refractivity contribution < 1.29 is 5.11 Å². The molecule has 0 radical (unpaired) electrons. The molecular weight excluding hydrogens is 274 g/mol. The van der Waals surface area contributed by atoms with Gasteiger partial charge < -0.3 is 10.4 Å². The summed E-state index contributed by atoms with van der Waals surface area (Å²) in [5.74, 6) is 0.170. The molecule has 0 amide bonds. The third-order valence-electron chi connectivity index (χ3n) is 3.98. The van der Waals surface area contributed by atoms with Gasteiger partial charge in [-0.25, -0.2) is 0 Å². The van der Waals surface area contributed by atoms with E-state index in [1.165, 1.54) is 11.3 Å². The lowest BCUT2D eigenvalue weighted by molar-refractivity contribution is 0.434. The SMILES string of the molecule is Cn1ncc2c1CCCC2NCc1cccc(Cl)c1O. The second-order valence-corrected chi connectivity index (χ2v) is 5.65. The summed E-state index contributed by atoms with van der Waals surface area (Å²) in [6, 6.07) is 5.74. The van der Waals surface area contributed by atoms with E-state index < -0.39 is 0 Å². The fourth-order valence-corrected chi connectivity index (χ4v) is 3.05. The lowest BCUT2D eigenvalue weighted by Gasteiger charge is -2.24. The third-order valence-corrected chi connectivity index (χ3v) is 4.29. The monoisotopic (exact) mass is 291 g/mol. The number of benzene rings is 1. The van der Waals surface area contributed by atoms with E-state index in [-0.39, 0.29) is 5.75 Å². The second-order valence-electron chi connectivity index (χ2n) is 5.24. The van der Waals surface area contributed by atoms with E-state index in [1.54, 1.807) is 6.07 Å². The van der Waals surface area contributed by atoms with Crippen molar-refractivity contribution in [3.05, 3.63) is 46.2 Å². The van der Waals surface area contributed by atoms with Gasteiger partial charge in [0.05, 0.1) is 11.2 Å². The number of rotatable bonds is 3. The molecule has 1 aromatic heterocycles. The first-order valence-corrected chi connectivity index (χ1v) is 7.25. The van der Waals surface area contributed by atoms with E-state index >= 15 is 0 Å². The molecule has 2 N–H and O–H groups in total. The Labute approximate surface area is 123 Å². The third kappa shape index (κ3) is 2.41. The van der Waals surface area contributed by atoms with Crippen molar-refractivity contribution in [2.24, 2.45) is 7.05 Å². The Morgan fingerprint density at radius 1 is 1.50 bits per heavy atom. The van der Waals surface area contributed by atoms with Gasteiger partial charge >= 0.3 is 0 Å². The highest BCUT2D eigenvalue weighted by atomic mass is 35.5. The molecular formula is C15H18ClN3O. The number of para-hydroxylation sites is 1. The zero-order valence-electron chi connectivity index (χ0n) is 11.4. The Kier molecular flexibility index (Phi) is 3.68. The molecule has 1 aromatic carbocycles. The molecule has 106 valence electrons. The van der Waals surface area contributed by atoms with Crippen molar-refractivity contribution in [2.45, 2.75) is 31.8 Å². The van der Waals surface area contributed by atoms with Crippen LogP contribution in [0.1, 0.15) is 35.7 Å². The lowest BCUT2D eigenvalue weighted by Crippen LogP contribution is -2.25. The van der Waals surface area contributed by atoms with Crippen LogP contribution in [0.3, 0.4) is 0 Å². The molecule has 0 spiro atoms. The van der Waals surface area contributed by atoms with E-state index in [4.69, 9.17) is 11.6 Å². The van der Waals surface area contributed by atoms with Crippen molar-refractivity contribution in [3.8, 4) is 5.75 Å². The molecule has 0 saturated heterocycles. The number of phenolic OH excluding ortho intramolecular Hbond substituents is 1. The fraction of sp³-hybridized carbons (Fsp3) is 0.400. The number of aryl methyl sites for hydroxylation is 1. The Bertz CT molecular complexity index is 624. The fourth-order valence-electron chi connectivity index (χ4n) is 2.85. The smallest absolute Gasteiger partial charge is 0.138 e. The van der Waals surface area contributed by atoms with Crippen molar-refractivity contribution in [1.29, 1.82) is 0 Å². The highest BCUT2D eigenvalue weighted by Crippen LogP contribution is 2.31. The molecule has 1 atom stereocenters. The predicted molar refractivity (Wildman–Crippen MR) is 78.8 cm³/mol. The van der Waals surface area contributed by atoms with Crippen LogP contribution in [0, 0.1) is 0 Å². The lowest BCUT2D eigenvalue weighted by atomic mass is 9.93. The summed E-state index contributed by atoms with van der Waals surface area (Å²) in [5.41, 5.74) is 3.41. The summed E-state index contributed by atoms with van der Waals surface area (Å²) >= 11 is 5.93.